The zero-order chi connectivity index (χ0) is 13.1. The summed E-state index contributed by atoms with van der Waals surface area (Å²) in [7, 11) is 0.217. The number of carbonyl (C=O) groups is 1. The minimum atomic E-state index is 0.217. The molecule has 19 heavy (non-hydrogen) atoms. The number of Topliss-reactive ketones (excluding diaryl/α,β-unsaturated/α-hetero) is 1. The van der Waals surface area contributed by atoms with Crippen molar-refractivity contribution in [3.05, 3.63) is 48.0 Å². The Morgan fingerprint density at radius 2 is 1.79 bits per heavy atom. The molecule has 1 fully saturated rings. The summed E-state index contributed by atoms with van der Waals surface area (Å²) in [4.78, 5) is 12.3. The minimum absolute atomic E-state index is 0.217. The van der Waals surface area contributed by atoms with E-state index in [0.717, 1.165) is 35.7 Å². The topological polar surface area (TPSA) is 26.3 Å². The largest absolute Gasteiger partial charge is 0.372 e. The maximum absolute atomic E-state index is 12.3. The van der Waals surface area contributed by atoms with Crippen LogP contribution in [0.25, 0.3) is 10.8 Å². The lowest BCUT2D eigenvalue weighted by Crippen LogP contribution is -2.31. The summed E-state index contributed by atoms with van der Waals surface area (Å²) < 4.78 is 5.34. The molecule has 0 radical (unpaired) electrons. The molecule has 0 amide bonds. The third-order valence-corrected chi connectivity index (χ3v) is 5.60. The number of benzene rings is 2. The van der Waals surface area contributed by atoms with E-state index >= 15 is 0 Å². The van der Waals surface area contributed by atoms with Gasteiger partial charge in [-0.25, -0.2) is 0 Å². The Morgan fingerprint density at radius 1 is 1.05 bits per heavy atom. The van der Waals surface area contributed by atoms with Crippen molar-refractivity contribution in [1.82, 2.24) is 0 Å². The molecule has 0 atom stereocenters. The fraction of sp³-hybridized carbons (Fsp3) is 0.312. The summed E-state index contributed by atoms with van der Waals surface area (Å²) >= 11 is 0. The molecule has 1 heterocycles. The third-order valence-electron chi connectivity index (χ3n) is 3.44. The van der Waals surface area contributed by atoms with Gasteiger partial charge in [0, 0.05) is 16.5 Å². The molecule has 0 saturated carbocycles. The molecule has 0 aliphatic carbocycles. The van der Waals surface area contributed by atoms with Gasteiger partial charge in [0.1, 0.15) is 11.5 Å². The van der Waals surface area contributed by atoms with Gasteiger partial charge >= 0.3 is 0 Å². The van der Waals surface area contributed by atoms with Crippen LogP contribution >= 0.6 is 0 Å². The second-order valence-electron chi connectivity index (χ2n) is 4.76. The molecule has 0 N–H and O–H groups in total. The Kier molecular flexibility index (Phi) is 3.85. The fourth-order valence-corrected chi connectivity index (χ4v) is 4.07. The van der Waals surface area contributed by atoms with E-state index in [4.69, 9.17) is 4.74 Å². The number of hydrogen-bond acceptors (Lipinski definition) is 2. The van der Waals surface area contributed by atoms with Gasteiger partial charge < -0.3 is 4.74 Å². The average Bonchev–Trinajstić information content (AvgIpc) is 2.48. The van der Waals surface area contributed by atoms with Gasteiger partial charge in [-0.15, -0.1) is 0 Å². The first-order chi connectivity index (χ1) is 9.33. The molecule has 1 aliphatic heterocycles. The van der Waals surface area contributed by atoms with Crippen LogP contribution in [-0.2, 0) is 15.6 Å². The van der Waals surface area contributed by atoms with Crippen LogP contribution in [0.4, 0.5) is 0 Å². The highest BCUT2D eigenvalue weighted by atomic mass is 32.2. The van der Waals surface area contributed by atoms with Gasteiger partial charge in [-0.05, 0) is 16.8 Å². The Bertz CT molecular complexity index is 588. The molecule has 2 aromatic carbocycles. The summed E-state index contributed by atoms with van der Waals surface area (Å²) in [6.45, 7) is 1.63. The summed E-state index contributed by atoms with van der Waals surface area (Å²) in [5, 5.41) is 2.33. The SMILES string of the molecule is O=C(C[S+]1CCOCC1)c1ccc2ccccc2c1. The lowest BCUT2D eigenvalue weighted by atomic mass is 10.1. The number of carbonyl (C=O) groups excluding carboxylic acids is 1. The van der Waals surface area contributed by atoms with E-state index in [9.17, 15) is 4.79 Å². The zero-order valence-corrected chi connectivity index (χ0v) is 11.6. The fourth-order valence-electron chi connectivity index (χ4n) is 2.33. The van der Waals surface area contributed by atoms with E-state index in [1.807, 2.05) is 30.3 Å². The molecular formula is C16H17O2S+. The lowest BCUT2D eigenvalue weighted by Gasteiger charge is -2.13. The van der Waals surface area contributed by atoms with E-state index in [1.165, 1.54) is 5.39 Å². The molecule has 1 saturated heterocycles. The van der Waals surface area contributed by atoms with E-state index in [2.05, 4.69) is 12.1 Å². The highest BCUT2D eigenvalue weighted by molar-refractivity contribution is 7.97. The lowest BCUT2D eigenvalue weighted by molar-refractivity contribution is 0.102. The average molecular weight is 273 g/mol. The Balaban J connectivity index is 1.77. The molecule has 2 aromatic rings. The first kappa shape index (κ1) is 12.7. The van der Waals surface area contributed by atoms with Crippen LogP contribution in [-0.4, -0.2) is 36.3 Å². The van der Waals surface area contributed by atoms with Crippen molar-refractivity contribution in [2.75, 3.05) is 30.5 Å². The molecule has 0 bridgehead atoms. The normalized spacial score (nSPS) is 16.6. The predicted octanol–water partition coefficient (Wildman–Crippen LogP) is 2.67. The summed E-state index contributed by atoms with van der Waals surface area (Å²) in [5.74, 6) is 3.04. The van der Waals surface area contributed by atoms with Crippen LogP contribution in [0.5, 0.6) is 0 Å². The Morgan fingerprint density at radius 3 is 2.58 bits per heavy atom. The number of rotatable bonds is 3. The Hall–Kier alpha value is -1.32. The highest BCUT2D eigenvalue weighted by Gasteiger charge is 2.26. The smallest absolute Gasteiger partial charge is 0.211 e. The second kappa shape index (κ2) is 5.76. The monoisotopic (exact) mass is 273 g/mol. The van der Waals surface area contributed by atoms with Crippen molar-refractivity contribution in [3.8, 4) is 0 Å². The molecule has 0 unspecified atom stereocenters. The van der Waals surface area contributed by atoms with Crippen LogP contribution < -0.4 is 0 Å². The van der Waals surface area contributed by atoms with Crippen LogP contribution in [0.1, 0.15) is 10.4 Å². The van der Waals surface area contributed by atoms with Crippen molar-refractivity contribution >= 4 is 27.5 Å². The Labute approximate surface area is 116 Å². The van der Waals surface area contributed by atoms with Gasteiger partial charge in [0.05, 0.1) is 13.2 Å². The van der Waals surface area contributed by atoms with Gasteiger partial charge in [-0.3, -0.25) is 4.79 Å². The van der Waals surface area contributed by atoms with Crippen molar-refractivity contribution in [1.29, 1.82) is 0 Å². The number of ether oxygens (including phenoxy) is 1. The molecular weight excluding hydrogens is 256 g/mol. The van der Waals surface area contributed by atoms with Crippen LogP contribution in [0.2, 0.25) is 0 Å². The van der Waals surface area contributed by atoms with Crippen LogP contribution in [0.3, 0.4) is 0 Å². The molecule has 0 aromatic heterocycles. The minimum Gasteiger partial charge on any atom is -0.372 e. The molecule has 1 aliphatic rings. The standard InChI is InChI=1S/C16H17O2S/c17-16(12-19-9-7-18-8-10-19)15-6-5-13-3-1-2-4-14(13)11-15/h1-6,11H,7-10,12H2/q+1. The number of fused-ring (bicyclic) bond motifs is 1. The summed E-state index contributed by atoms with van der Waals surface area (Å²) in [6, 6.07) is 14.2. The van der Waals surface area contributed by atoms with Gasteiger partial charge in [0.2, 0.25) is 5.78 Å². The maximum atomic E-state index is 12.3. The van der Waals surface area contributed by atoms with E-state index in [1.54, 1.807) is 0 Å². The molecule has 0 spiro atoms. The first-order valence-corrected chi connectivity index (χ1v) is 8.30. The zero-order valence-electron chi connectivity index (χ0n) is 10.8. The first-order valence-electron chi connectivity index (χ1n) is 6.57. The van der Waals surface area contributed by atoms with E-state index in [-0.39, 0.29) is 16.7 Å². The highest BCUT2D eigenvalue weighted by Crippen LogP contribution is 2.17. The van der Waals surface area contributed by atoms with Crippen molar-refractivity contribution in [2.45, 2.75) is 0 Å². The quantitative estimate of drug-likeness (QED) is 0.635. The van der Waals surface area contributed by atoms with E-state index < -0.39 is 0 Å². The van der Waals surface area contributed by atoms with Crippen LogP contribution in [0, 0.1) is 0 Å². The van der Waals surface area contributed by atoms with Gasteiger partial charge in [0.25, 0.3) is 0 Å². The molecule has 3 rings (SSSR count). The number of ketones is 1. The summed E-state index contributed by atoms with van der Waals surface area (Å²) in [6.07, 6.45) is 0. The summed E-state index contributed by atoms with van der Waals surface area (Å²) in [5.41, 5.74) is 0.845. The number of hydrogen-bond donors (Lipinski definition) is 0. The van der Waals surface area contributed by atoms with Crippen molar-refractivity contribution in [2.24, 2.45) is 0 Å². The molecule has 3 heteroatoms. The maximum Gasteiger partial charge on any atom is 0.211 e. The molecule has 2 nitrogen and oxygen atoms in total. The predicted molar refractivity (Wildman–Crippen MR) is 81.1 cm³/mol. The van der Waals surface area contributed by atoms with Crippen LogP contribution in [0.15, 0.2) is 42.5 Å². The van der Waals surface area contributed by atoms with Gasteiger partial charge in [-0.1, -0.05) is 36.4 Å². The molecule has 98 valence electrons. The third kappa shape index (κ3) is 2.99. The van der Waals surface area contributed by atoms with Crippen molar-refractivity contribution < 1.29 is 9.53 Å². The van der Waals surface area contributed by atoms with E-state index in [0.29, 0.717) is 5.75 Å². The van der Waals surface area contributed by atoms with Gasteiger partial charge in [0.15, 0.2) is 5.75 Å². The van der Waals surface area contributed by atoms with Gasteiger partial charge in [-0.2, -0.15) is 0 Å². The second-order valence-corrected chi connectivity index (χ2v) is 7.09. The van der Waals surface area contributed by atoms with Crippen molar-refractivity contribution in [3.63, 3.8) is 0 Å².